The van der Waals surface area contributed by atoms with Crippen molar-refractivity contribution in [2.75, 3.05) is 5.32 Å². The van der Waals surface area contributed by atoms with Gasteiger partial charge in [-0.05, 0) is 20.3 Å². The number of aromatic nitrogens is 2. The van der Waals surface area contributed by atoms with Crippen molar-refractivity contribution in [2.45, 2.75) is 59.4 Å². The topological polar surface area (TPSA) is 37.8 Å². The fourth-order valence-electron chi connectivity index (χ4n) is 1.71. The quantitative estimate of drug-likeness (QED) is 0.855. The van der Waals surface area contributed by atoms with Gasteiger partial charge in [0.25, 0.3) is 0 Å². The Bertz CT molecular complexity index is 578. The van der Waals surface area contributed by atoms with Crippen molar-refractivity contribution in [3.05, 3.63) is 16.1 Å². The molecule has 1 unspecified atom stereocenters. The molecule has 3 nitrogen and oxygen atoms in total. The minimum atomic E-state index is 0.0987. The van der Waals surface area contributed by atoms with Crippen LogP contribution in [0, 0.1) is 6.92 Å². The van der Waals surface area contributed by atoms with Crippen LogP contribution in [-0.4, -0.2) is 16.0 Å². The third-order valence-electron chi connectivity index (χ3n) is 3.16. The van der Waals surface area contributed by atoms with Crippen LogP contribution < -0.4 is 5.32 Å². The van der Waals surface area contributed by atoms with Gasteiger partial charge in [-0.15, -0.1) is 22.7 Å². The van der Waals surface area contributed by atoms with Gasteiger partial charge in [-0.3, -0.25) is 0 Å². The van der Waals surface area contributed by atoms with Crippen molar-refractivity contribution in [3.63, 3.8) is 0 Å². The van der Waals surface area contributed by atoms with E-state index in [0.29, 0.717) is 6.04 Å². The van der Waals surface area contributed by atoms with E-state index in [1.807, 2.05) is 0 Å². The van der Waals surface area contributed by atoms with Crippen LogP contribution in [0.3, 0.4) is 0 Å². The van der Waals surface area contributed by atoms with E-state index >= 15 is 0 Å². The number of thiazole rings is 2. The molecule has 0 amide bonds. The van der Waals surface area contributed by atoms with E-state index in [9.17, 15) is 0 Å². The number of hydrogen-bond acceptors (Lipinski definition) is 5. The molecule has 0 spiro atoms. The molecule has 2 heterocycles. The van der Waals surface area contributed by atoms with Crippen molar-refractivity contribution in [1.82, 2.24) is 9.97 Å². The highest BCUT2D eigenvalue weighted by atomic mass is 32.1. The van der Waals surface area contributed by atoms with Crippen molar-refractivity contribution in [2.24, 2.45) is 0 Å². The van der Waals surface area contributed by atoms with Crippen molar-refractivity contribution in [1.29, 1.82) is 0 Å². The molecule has 0 aromatic carbocycles. The van der Waals surface area contributed by atoms with Gasteiger partial charge in [-0.25, -0.2) is 9.97 Å². The summed E-state index contributed by atoms with van der Waals surface area (Å²) in [6.07, 6.45) is 1.10. The number of nitrogens with one attached hydrogen (secondary N) is 1. The molecule has 0 bridgehead atoms. The second-order valence-electron chi connectivity index (χ2n) is 6.18. The smallest absolute Gasteiger partial charge is 0.183 e. The minimum absolute atomic E-state index is 0.0987. The van der Waals surface area contributed by atoms with Crippen LogP contribution in [-0.2, 0) is 5.41 Å². The predicted octanol–water partition coefficient (Wildman–Crippen LogP) is 5.08. The minimum Gasteiger partial charge on any atom is -0.359 e. The summed E-state index contributed by atoms with van der Waals surface area (Å²) in [6, 6.07) is 0.460. The highest BCUT2D eigenvalue weighted by Gasteiger charge is 2.21. The molecule has 2 aromatic heterocycles. The van der Waals surface area contributed by atoms with E-state index in [2.05, 4.69) is 52.2 Å². The Balaban J connectivity index is 2.26. The molecule has 1 atom stereocenters. The van der Waals surface area contributed by atoms with Gasteiger partial charge < -0.3 is 5.32 Å². The normalized spacial score (nSPS) is 13.5. The number of rotatable bonds is 4. The molecule has 2 rings (SSSR count). The van der Waals surface area contributed by atoms with Crippen molar-refractivity contribution >= 4 is 27.8 Å². The lowest BCUT2D eigenvalue weighted by atomic mass is 9.98. The lowest BCUT2D eigenvalue weighted by Gasteiger charge is -2.13. The summed E-state index contributed by atoms with van der Waals surface area (Å²) in [6.45, 7) is 13.0. The molecule has 5 heteroatoms. The molecule has 110 valence electrons. The highest BCUT2D eigenvalue weighted by Crippen LogP contribution is 2.36. The SMILES string of the molecule is CCC(C)Nc1nc(-c2sc(C(C)(C)C)nc2C)cs1. The molecule has 0 fully saturated rings. The van der Waals surface area contributed by atoms with Crippen LogP contribution in [0.5, 0.6) is 0 Å². The second kappa shape index (κ2) is 5.82. The first-order valence-corrected chi connectivity index (χ1v) is 8.71. The van der Waals surface area contributed by atoms with E-state index in [0.717, 1.165) is 22.9 Å². The fourth-order valence-corrected chi connectivity index (χ4v) is 3.69. The Morgan fingerprint density at radius 2 is 2.00 bits per heavy atom. The maximum atomic E-state index is 4.71. The van der Waals surface area contributed by atoms with E-state index < -0.39 is 0 Å². The molecule has 0 aliphatic rings. The van der Waals surface area contributed by atoms with Gasteiger partial charge in [0.2, 0.25) is 0 Å². The zero-order valence-electron chi connectivity index (χ0n) is 13.1. The predicted molar refractivity (Wildman–Crippen MR) is 90.0 cm³/mol. The van der Waals surface area contributed by atoms with Crippen molar-refractivity contribution < 1.29 is 0 Å². The third-order valence-corrected chi connectivity index (χ3v) is 5.54. The maximum absolute atomic E-state index is 4.71. The van der Waals surface area contributed by atoms with Gasteiger partial charge in [0, 0.05) is 16.8 Å². The van der Waals surface area contributed by atoms with Crippen LogP contribution >= 0.6 is 22.7 Å². The fraction of sp³-hybridized carbons (Fsp3) is 0.600. The molecule has 0 aliphatic heterocycles. The average molecular weight is 310 g/mol. The van der Waals surface area contributed by atoms with Crippen LogP contribution in [0.1, 0.15) is 51.7 Å². The van der Waals surface area contributed by atoms with Gasteiger partial charge in [0.05, 0.1) is 21.3 Å². The summed E-state index contributed by atoms with van der Waals surface area (Å²) in [7, 11) is 0. The number of nitrogens with zero attached hydrogens (tertiary/aromatic N) is 2. The molecule has 1 N–H and O–H groups in total. The summed E-state index contributed by atoms with van der Waals surface area (Å²) in [5, 5.41) is 7.73. The molecule has 0 radical (unpaired) electrons. The Morgan fingerprint density at radius 1 is 1.30 bits per heavy atom. The number of anilines is 1. The van der Waals surface area contributed by atoms with E-state index in [4.69, 9.17) is 9.97 Å². The summed E-state index contributed by atoms with van der Waals surface area (Å²) >= 11 is 3.43. The first-order valence-electron chi connectivity index (χ1n) is 7.01. The second-order valence-corrected chi connectivity index (χ2v) is 8.03. The zero-order chi connectivity index (χ0) is 14.9. The van der Waals surface area contributed by atoms with Gasteiger partial charge in [-0.2, -0.15) is 0 Å². The number of hydrogen-bond donors (Lipinski definition) is 1. The molecule has 0 saturated heterocycles. The number of aryl methyl sites for hydroxylation is 1. The first-order chi connectivity index (χ1) is 9.31. The van der Waals surface area contributed by atoms with Gasteiger partial charge in [0.15, 0.2) is 5.13 Å². The van der Waals surface area contributed by atoms with Crippen LogP contribution in [0.2, 0.25) is 0 Å². The summed E-state index contributed by atoms with van der Waals surface area (Å²) < 4.78 is 0. The Labute approximate surface area is 129 Å². The van der Waals surface area contributed by atoms with Gasteiger partial charge in [0.1, 0.15) is 0 Å². The molecule has 0 saturated carbocycles. The van der Waals surface area contributed by atoms with Crippen LogP contribution in [0.4, 0.5) is 5.13 Å². The first kappa shape index (κ1) is 15.4. The summed E-state index contributed by atoms with van der Waals surface area (Å²) in [4.78, 5) is 10.6. The lowest BCUT2D eigenvalue weighted by Crippen LogP contribution is -2.12. The summed E-state index contributed by atoms with van der Waals surface area (Å²) in [5.74, 6) is 0. The largest absolute Gasteiger partial charge is 0.359 e. The Hall–Kier alpha value is -0.940. The highest BCUT2D eigenvalue weighted by molar-refractivity contribution is 7.17. The van der Waals surface area contributed by atoms with E-state index in [-0.39, 0.29) is 5.41 Å². The van der Waals surface area contributed by atoms with E-state index in [1.54, 1.807) is 22.7 Å². The molecule has 2 aromatic rings. The summed E-state index contributed by atoms with van der Waals surface area (Å²) in [5.41, 5.74) is 2.23. The van der Waals surface area contributed by atoms with Gasteiger partial charge >= 0.3 is 0 Å². The average Bonchev–Trinajstić information content (AvgIpc) is 2.94. The maximum Gasteiger partial charge on any atom is 0.183 e. The zero-order valence-corrected chi connectivity index (χ0v) is 14.7. The Kier molecular flexibility index (Phi) is 4.49. The van der Waals surface area contributed by atoms with Crippen LogP contribution in [0.15, 0.2) is 5.38 Å². The molecular formula is C15H23N3S2. The standard InChI is InChI=1S/C15H23N3S2/c1-7-9(2)16-14-18-11(8-19-14)12-10(3)17-13(20-12)15(4,5)6/h8-9H,7H2,1-6H3,(H,16,18). The Morgan fingerprint density at radius 3 is 2.55 bits per heavy atom. The van der Waals surface area contributed by atoms with E-state index in [1.165, 1.54) is 9.88 Å². The lowest BCUT2D eigenvalue weighted by molar-refractivity contribution is 0.584. The van der Waals surface area contributed by atoms with Crippen LogP contribution in [0.25, 0.3) is 10.6 Å². The third kappa shape index (κ3) is 3.38. The van der Waals surface area contributed by atoms with Crippen molar-refractivity contribution in [3.8, 4) is 10.6 Å². The molecule has 0 aliphatic carbocycles. The molecular weight excluding hydrogens is 286 g/mol. The molecule has 20 heavy (non-hydrogen) atoms. The monoisotopic (exact) mass is 309 g/mol. The van der Waals surface area contributed by atoms with Gasteiger partial charge in [-0.1, -0.05) is 27.7 Å².